The molecule has 0 N–H and O–H groups in total. The Labute approximate surface area is 77.1 Å². The first kappa shape index (κ1) is 8.89. The van der Waals surface area contributed by atoms with Gasteiger partial charge in [0.05, 0.1) is 10.0 Å². The molecule has 1 rings (SSSR count). The minimum Gasteiger partial charge on any atom is -0.0827 e. The summed E-state index contributed by atoms with van der Waals surface area (Å²) in [6.45, 7) is 4.25. The number of hydrogen-bond donors (Lipinski definition) is 0. The summed E-state index contributed by atoms with van der Waals surface area (Å²) in [6, 6.07) is 5.74. The highest BCUT2D eigenvalue weighted by atomic mass is 35.5. The molecule has 0 heterocycles. The molecule has 60 valence electrons. The van der Waals surface area contributed by atoms with E-state index in [1.165, 1.54) is 5.56 Å². The van der Waals surface area contributed by atoms with E-state index in [0.717, 1.165) is 0 Å². The molecular formula is C9H10Cl2. The minimum absolute atomic E-state index is 0.504. The largest absolute Gasteiger partial charge is 0.0827 e. The molecule has 11 heavy (non-hydrogen) atoms. The molecule has 0 fully saturated rings. The standard InChI is InChI=1S/C9H10Cl2/c1-6(2)7-3-4-8(10)9(11)5-7/h3-6H,1-2H3. The Balaban J connectivity index is 3.05. The maximum absolute atomic E-state index is 5.83. The zero-order chi connectivity index (χ0) is 8.43. The fraction of sp³-hybridized carbons (Fsp3) is 0.333. The summed E-state index contributed by atoms with van der Waals surface area (Å²) in [7, 11) is 0. The minimum atomic E-state index is 0.504. The van der Waals surface area contributed by atoms with Crippen LogP contribution in [0.2, 0.25) is 10.0 Å². The van der Waals surface area contributed by atoms with Crippen LogP contribution >= 0.6 is 23.2 Å². The van der Waals surface area contributed by atoms with Crippen molar-refractivity contribution in [3.63, 3.8) is 0 Å². The van der Waals surface area contributed by atoms with E-state index in [1.54, 1.807) is 0 Å². The Hall–Kier alpha value is -0.200. The summed E-state index contributed by atoms with van der Waals surface area (Å²) in [6.07, 6.45) is 0. The van der Waals surface area contributed by atoms with Crippen LogP contribution in [-0.2, 0) is 0 Å². The molecule has 0 spiro atoms. The third kappa shape index (κ3) is 2.11. The van der Waals surface area contributed by atoms with Gasteiger partial charge in [-0.15, -0.1) is 0 Å². The molecule has 1 aromatic carbocycles. The zero-order valence-corrected chi connectivity index (χ0v) is 8.08. The summed E-state index contributed by atoms with van der Waals surface area (Å²) in [5.74, 6) is 0.504. The van der Waals surface area contributed by atoms with E-state index in [1.807, 2.05) is 18.2 Å². The van der Waals surface area contributed by atoms with E-state index in [-0.39, 0.29) is 0 Å². The fourth-order valence-corrected chi connectivity index (χ4v) is 1.18. The van der Waals surface area contributed by atoms with Gasteiger partial charge < -0.3 is 0 Å². The molecular weight excluding hydrogens is 179 g/mol. The SMILES string of the molecule is CC(C)c1ccc(Cl)c(Cl)c1. The van der Waals surface area contributed by atoms with E-state index in [0.29, 0.717) is 16.0 Å². The summed E-state index contributed by atoms with van der Waals surface area (Å²) >= 11 is 11.6. The van der Waals surface area contributed by atoms with Crippen molar-refractivity contribution >= 4 is 23.2 Å². The molecule has 0 unspecified atom stereocenters. The Morgan fingerprint density at radius 3 is 2.18 bits per heavy atom. The monoisotopic (exact) mass is 188 g/mol. The molecule has 0 aromatic heterocycles. The van der Waals surface area contributed by atoms with Gasteiger partial charge in [-0.05, 0) is 23.6 Å². The lowest BCUT2D eigenvalue weighted by Crippen LogP contribution is -1.85. The summed E-state index contributed by atoms with van der Waals surface area (Å²) in [4.78, 5) is 0. The average Bonchev–Trinajstić information content (AvgIpc) is 1.94. The van der Waals surface area contributed by atoms with E-state index in [4.69, 9.17) is 23.2 Å². The molecule has 0 atom stereocenters. The van der Waals surface area contributed by atoms with Crippen LogP contribution in [0.1, 0.15) is 25.3 Å². The Morgan fingerprint density at radius 2 is 1.73 bits per heavy atom. The predicted octanol–water partition coefficient (Wildman–Crippen LogP) is 4.12. The second-order valence-corrected chi connectivity index (χ2v) is 3.64. The molecule has 0 saturated heterocycles. The smallest absolute Gasteiger partial charge is 0.0595 e. The lowest BCUT2D eigenvalue weighted by atomic mass is 10.0. The molecule has 0 amide bonds. The zero-order valence-electron chi connectivity index (χ0n) is 6.57. The van der Waals surface area contributed by atoms with Crippen molar-refractivity contribution in [3.8, 4) is 0 Å². The van der Waals surface area contributed by atoms with Crippen LogP contribution in [0.5, 0.6) is 0 Å². The summed E-state index contributed by atoms with van der Waals surface area (Å²) in [5, 5.41) is 1.26. The number of rotatable bonds is 1. The molecule has 2 heteroatoms. The van der Waals surface area contributed by atoms with Crippen LogP contribution in [0.15, 0.2) is 18.2 Å². The molecule has 0 aliphatic rings. The normalized spacial score (nSPS) is 10.6. The van der Waals surface area contributed by atoms with Crippen molar-refractivity contribution in [2.45, 2.75) is 19.8 Å². The molecule has 1 aromatic rings. The van der Waals surface area contributed by atoms with Crippen molar-refractivity contribution in [1.82, 2.24) is 0 Å². The van der Waals surface area contributed by atoms with Crippen molar-refractivity contribution in [1.29, 1.82) is 0 Å². The average molecular weight is 189 g/mol. The van der Waals surface area contributed by atoms with E-state index < -0.39 is 0 Å². The van der Waals surface area contributed by atoms with Gasteiger partial charge >= 0.3 is 0 Å². The molecule has 0 saturated carbocycles. The Bertz CT molecular complexity index is 254. The highest BCUT2D eigenvalue weighted by molar-refractivity contribution is 6.42. The fourth-order valence-electron chi connectivity index (χ4n) is 0.871. The van der Waals surface area contributed by atoms with Gasteiger partial charge in [0.1, 0.15) is 0 Å². The molecule has 0 radical (unpaired) electrons. The molecule has 0 aliphatic carbocycles. The van der Waals surface area contributed by atoms with Gasteiger partial charge in [0.2, 0.25) is 0 Å². The first-order chi connectivity index (χ1) is 5.11. The maximum Gasteiger partial charge on any atom is 0.0595 e. The van der Waals surface area contributed by atoms with Crippen LogP contribution in [0, 0.1) is 0 Å². The van der Waals surface area contributed by atoms with E-state index in [2.05, 4.69) is 13.8 Å². The van der Waals surface area contributed by atoms with Gasteiger partial charge in [0.15, 0.2) is 0 Å². The number of hydrogen-bond acceptors (Lipinski definition) is 0. The van der Waals surface area contributed by atoms with Gasteiger partial charge in [-0.25, -0.2) is 0 Å². The van der Waals surface area contributed by atoms with Crippen molar-refractivity contribution in [2.24, 2.45) is 0 Å². The van der Waals surface area contributed by atoms with Crippen molar-refractivity contribution in [3.05, 3.63) is 33.8 Å². The third-order valence-electron chi connectivity index (χ3n) is 1.61. The second-order valence-electron chi connectivity index (χ2n) is 2.83. The highest BCUT2D eigenvalue weighted by Crippen LogP contribution is 2.25. The van der Waals surface area contributed by atoms with Crippen molar-refractivity contribution in [2.75, 3.05) is 0 Å². The first-order valence-corrected chi connectivity index (χ1v) is 4.32. The number of benzene rings is 1. The van der Waals surface area contributed by atoms with Crippen LogP contribution in [0.25, 0.3) is 0 Å². The molecule has 0 aliphatic heterocycles. The van der Waals surface area contributed by atoms with Gasteiger partial charge in [-0.3, -0.25) is 0 Å². The van der Waals surface area contributed by atoms with E-state index in [9.17, 15) is 0 Å². The van der Waals surface area contributed by atoms with Gasteiger partial charge in [0, 0.05) is 0 Å². The van der Waals surface area contributed by atoms with Gasteiger partial charge in [-0.1, -0.05) is 43.1 Å². The third-order valence-corrected chi connectivity index (χ3v) is 2.35. The van der Waals surface area contributed by atoms with Gasteiger partial charge in [-0.2, -0.15) is 0 Å². The lowest BCUT2D eigenvalue weighted by molar-refractivity contribution is 0.867. The maximum atomic E-state index is 5.83. The lowest BCUT2D eigenvalue weighted by Gasteiger charge is -2.05. The van der Waals surface area contributed by atoms with Crippen molar-refractivity contribution < 1.29 is 0 Å². The summed E-state index contributed by atoms with van der Waals surface area (Å²) < 4.78 is 0. The van der Waals surface area contributed by atoms with Crippen LogP contribution < -0.4 is 0 Å². The molecule has 0 nitrogen and oxygen atoms in total. The number of halogens is 2. The van der Waals surface area contributed by atoms with E-state index >= 15 is 0 Å². The highest BCUT2D eigenvalue weighted by Gasteiger charge is 2.01. The predicted molar refractivity (Wildman–Crippen MR) is 50.6 cm³/mol. The van der Waals surface area contributed by atoms with Crippen LogP contribution in [-0.4, -0.2) is 0 Å². The second kappa shape index (κ2) is 3.46. The van der Waals surface area contributed by atoms with Crippen LogP contribution in [0.3, 0.4) is 0 Å². The quantitative estimate of drug-likeness (QED) is 0.623. The molecule has 0 bridgehead atoms. The van der Waals surface area contributed by atoms with Crippen LogP contribution in [0.4, 0.5) is 0 Å². The topological polar surface area (TPSA) is 0 Å². The summed E-state index contributed by atoms with van der Waals surface area (Å²) in [5.41, 5.74) is 1.22. The Kier molecular flexibility index (Phi) is 2.80. The van der Waals surface area contributed by atoms with Gasteiger partial charge in [0.25, 0.3) is 0 Å². The Morgan fingerprint density at radius 1 is 1.09 bits per heavy atom. The first-order valence-electron chi connectivity index (χ1n) is 3.56.